The molecule has 0 spiro atoms. The highest BCUT2D eigenvalue weighted by atomic mass is 16.5. The van der Waals surface area contributed by atoms with Crippen molar-refractivity contribution in [1.29, 1.82) is 0 Å². The van der Waals surface area contributed by atoms with Crippen molar-refractivity contribution in [2.45, 2.75) is 6.54 Å². The molecule has 0 unspecified atom stereocenters. The van der Waals surface area contributed by atoms with E-state index < -0.39 is 0 Å². The molecule has 0 aliphatic rings. The van der Waals surface area contributed by atoms with Crippen molar-refractivity contribution < 1.29 is 4.74 Å². The third-order valence-electron chi connectivity index (χ3n) is 2.40. The SMILES string of the molecule is COc1ncnc(NCc2ccnn2C)c1N. The molecular weight excluding hydrogens is 220 g/mol. The highest BCUT2D eigenvalue weighted by Crippen LogP contribution is 2.24. The minimum absolute atomic E-state index is 0.368. The van der Waals surface area contributed by atoms with Gasteiger partial charge in [-0.15, -0.1) is 0 Å². The van der Waals surface area contributed by atoms with Gasteiger partial charge in [0.15, 0.2) is 5.82 Å². The predicted octanol–water partition coefficient (Wildman–Crippen LogP) is 0.413. The monoisotopic (exact) mass is 234 g/mol. The van der Waals surface area contributed by atoms with Gasteiger partial charge in [0.1, 0.15) is 12.0 Å². The topological polar surface area (TPSA) is 90.9 Å². The standard InChI is InChI=1S/C10H14N6O/c1-16-7(3-4-15-16)5-12-9-8(11)10(17-2)14-6-13-9/h3-4,6H,5,11H2,1-2H3,(H,12,13,14). The van der Waals surface area contributed by atoms with Crippen molar-refractivity contribution in [2.75, 3.05) is 18.2 Å². The first-order valence-corrected chi connectivity index (χ1v) is 5.07. The average Bonchev–Trinajstić information content (AvgIpc) is 2.74. The van der Waals surface area contributed by atoms with E-state index in [1.54, 1.807) is 10.9 Å². The largest absolute Gasteiger partial charge is 0.479 e. The number of nitrogens with zero attached hydrogens (tertiary/aromatic N) is 4. The van der Waals surface area contributed by atoms with Crippen LogP contribution in [0.2, 0.25) is 0 Å². The number of nitrogen functional groups attached to an aromatic ring is 1. The molecule has 2 heterocycles. The highest BCUT2D eigenvalue weighted by molar-refractivity contribution is 5.66. The molecule has 3 N–H and O–H groups in total. The summed E-state index contributed by atoms with van der Waals surface area (Å²) < 4.78 is 6.79. The van der Waals surface area contributed by atoms with Crippen LogP contribution in [0.1, 0.15) is 5.69 Å². The quantitative estimate of drug-likeness (QED) is 0.796. The molecule has 2 rings (SSSR count). The van der Waals surface area contributed by atoms with Crippen LogP contribution in [0.3, 0.4) is 0 Å². The molecule has 0 fully saturated rings. The number of aromatic nitrogens is 4. The second kappa shape index (κ2) is 4.69. The maximum atomic E-state index is 5.84. The lowest BCUT2D eigenvalue weighted by Gasteiger charge is -2.10. The van der Waals surface area contributed by atoms with Gasteiger partial charge in [-0.2, -0.15) is 10.1 Å². The van der Waals surface area contributed by atoms with Crippen LogP contribution in [0.25, 0.3) is 0 Å². The van der Waals surface area contributed by atoms with E-state index in [1.165, 1.54) is 13.4 Å². The number of ether oxygens (including phenoxy) is 1. The van der Waals surface area contributed by atoms with Gasteiger partial charge in [-0.1, -0.05) is 0 Å². The summed E-state index contributed by atoms with van der Waals surface area (Å²) in [5, 5.41) is 7.19. The Hall–Kier alpha value is -2.31. The minimum Gasteiger partial charge on any atom is -0.479 e. The Morgan fingerprint density at radius 3 is 2.94 bits per heavy atom. The molecule has 0 aliphatic carbocycles. The van der Waals surface area contributed by atoms with E-state index in [2.05, 4.69) is 20.4 Å². The molecule has 0 aromatic carbocycles. The predicted molar refractivity (Wildman–Crippen MR) is 63.5 cm³/mol. The number of hydrogen-bond acceptors (Lipinski definition) is 6. The highest BCUT2D eigenvalue weighted by Gasteiger charge is 2.08. The van der Waals surface area contributed by atoms with E-state index in [9.17, 15) is 0 Å². The summed E-state index contributed by atoms with van der Waals surface area (Å²) in [5.41, 5.74) is 7.27. The van der Waals surface area contributed by atoms with Gasteiger partial charge in [0.25, 0.3) is 0 Å². The van der Waals surface area contributed by atoms with Crippen molar-refractivity contribution in [2.24, 2.45) is 7.05 Å². The Morgan fingerprint density at radius 1 is 1.47 bits per heavy atom. The minimum atomic E-state index is 0.368. The van der Waals surface area contributed by atoms with Crippen LogP contribution in [-0.2, 0) is 13.6 Å². The van der Waals surface area contributed by atoms with Crippen molar-refractivity contribution >= 4 is 11.5 Å². The van der Waals surface area contributed by atoms with Crippen LogP contribution in [0.15, 0.2) is 18.6 Å². The molecular formula is C10H14N6O. The fourth-order valence-electron chi connectivity index (χ4n) is 1.43. The van der Waals surface area contributed by atoms with Crippen molar-refractivity contribution in [3.63, 3.8) is 0 Å². The van der Waals surface area contributed by atoms with E-state index in [0.717, 1.165) is 5.69 Å². The van der Waals surface area contributed by atoms with Crippen molar-refractivity contribution in [3.8, 4) is 5.88 Å². The zero-order valence-corrected chi connectivity index (χ0v) is 9.71. The van der Waals surface area contributed by atoms with E-state index in [0.29, 0.717) is 23.9 Å². The van der Waals surface area contributed by atoms with E-state index in [1.807, 2.05) is 13.1 Å². The third kappa shape index (κ3) is 2.27. The number of hydrogen-bond donors (Lipinski definition) is 2. The van der Waals surface area contributed by atoms with Crippen LogP contribution >= 0.6 is 0 Å². The van der Waals surface area contributed by atoms with Crippen molar-refractivity contribution in [3.05, 3.63) is 24.3 Å². The first kappa shape index (κ1) is 11.2. The Morgan fingerprint density at radius 2 is 2.29 bits per heavy atom. The molecule has 0 bridgehead atoms. The zero-order valence-electron chi connectivity index (χ0n) is 9.71. The van der Waals surface area contributed by atoms with Crippen LogP contribution in [-0.4, -0.2) is 26.9 Å². The van der Waals surface area contributed by atoms with E-state index >= 15 is 0 Å². The average molecular weight is 234 g/mol. The number of nitrogens with one attached hydrogen (secondary N) is 1. The number of nitrogens with two attached hydrogens (primary N) is 1. The number of rotatable bonds is 4. The Labute approximate surface area is 98.6 Å². The second-order valence-corrected chi connectivity index (χ2v) is 3.44. The van der Waals surface area contributed by atoms with Gasteiger partial charge < -0.3 is 15.8 Å². The molecule has 2 aromatic rings. The Kier molecular flexibility index (Phi) is 3.08. The van der Waals surface area contributed by atoms with Gasteiger partial charge in [0.05, 0.1) is 19.3 Å². The Bertz CT molecular complexity index is 509. The summed E-state index contributed by atoms with van der Waals surface area (Å²) in [6.45, 7) is 0.584. The lowest BCUT2D eigenvalue weighted by molar-refractivity contribution is 0.399. The number of methoxy groups -OCH3 is 1. The van der Waals surface area contributed by atoms with E-state index in [4.69, 9.17) is 10.5 Å². The molecule has 0 amide bonds. The lowest BCUT2D eigenvalue weighted by Crippen LogP contribution is -2.09. The molecule has 0 saturated carbocycles. The van der Waals surface area contributed by atoms with Gasteiger partial charge in [-0.05, 0) is 6.07 Å². The fraction of sp³-hybridized carbons (Fsp3) is 0.300. The number of aryl methyl sites for hydroxylation is 1. The Balaban J connectivity index is 2.12. The molecule has 0 radical (unpaired) electrons. The van der Waals surface area contributed by atoms with E-state index in [-0.39, 0.29) is 0 Å². The summed E-state index contributed by atoms with van der Waals surface area (Å²) in [4.78, 5) is 7.96. The molecule has 0 aliphatic heterocycles. The van der Waals surface area contributed by atoms with Gasteiger partial charge >= 0.3 is 0 Å². The molecule has 7 heteroatoms. The zero-order chi connectivity index (χ0) is 12.3. The third-order valence-corrected chi connectivity index (χ3v) is 2.40. The molecule has 2 aromatic heterocycles. The molecule has 0 atom stereocenters. The molecule has 0 saturated heterocycles. The maximum absolute atomic E-state index is 5.84. The maximum Gasteiger partial charge on any atom is 0.242 e. The molecule has 17 heavy (non-hydrogen) atoms. The van der Waals surface area contributed by atoms with Crippen LogP contribution in [0, 0.1) is 0 Å². The normalized spacial score (nSPS) is 10.2. The van der Waals surface area contributed by atoms with Gasteiger partial charge in [-0.3, -0.25) is 4.68 Å². The second-order valence-electron chi connectivity index (χ2n) is 3.44. The van der Waals surface area contributed by atoms with Gasteiger partial charge in [0.2, 0.25) is 5.88 Å². The van der Waals surface area contributed by atoms with Crippen LogP contribution in [0.4, 0.5) is 11.5 Å². The van der Waals surface area contributed by atoms with Gasteiger partial charge in [0, 0.05) is 13.2 Å². The summed E-state index contributed by atoms with van der Waals surface area (Å²) in [6.07, 6.45) is 3.14. The fourth-order valence-corrected chi connectivity index (χ4v) is 1.43. The van der Waals surface area contributed by atoms with Crippen molar-refractivity contribution in [1.82, 2.24) is 19.7 Å². The van der Waals surface area contributed by atoms with Gasteiger partial charge in [-0.25, -0.2) is 4.98 Å². The first-order chi connectivity index (χ1) is 8.22. The molecule has 7 nitrogen and oxygen atoms in total. The summed E-state index contributed by atoms with van der Waals surface area (Å²) >= 11 is 0. The van der Waals surface area contributed by atoms with Crippen LogP contribution < -0.4 is 15.8 Å². The number of anilines is 2. The van der Waals surface area contributed by atoms with Crippen LogP contribution in [0.5, 0.6) is 5.88 Å². The summed E-state index contributed by atoms with van der Waals surface area (Å²) in [7, 11) is 3.39. The smallest absolute Gasteiger partial charge is 0.242 e. The molecule has 90 valence electrons. The first-order valence-electron chi connectivity index (χ1n) is 5.07. The summed E-state index contributed by atoms with van der Waals surface area (Å²) in [6, 6.07) is 1.92. The summed E-state index contributed by atoms with van der Waals surface area (Å²) in [5.74, 6) is 0.922. The lowest BCUT2D eigenvalue weighted by atomic mass is 10.4.